The molecular weight excluding hydrogens is 298 g/mol. The monoisotopic (exact) mass is 319 g/mol. The van der Waals surface area contributed by atoms with Crippen molar-refractivity contribution in [3.63, 3.8) is 0 Å². The summed E-state index contributed by atoms with van der Waals surface area (Å²) in [4.78, 5) is 1.99. The summed E-state index contributed by atoms with van der Waals surface area (Å²) in [7, 11) is -3.96. The fourth-order valence-electron chi connectivity index (χ4n) is 2.33. The summed E-state index contributed by atoms with van der Waals surface area (Å²) in [6.07, 6.45) is 0.820. The van der Waals surface area contributed by atoms with Crippen molar-refractivity contribution in [2.45, 2.75) is 13.3 Å². The van der Waals surface area contributed by atoms with Crippen molar-refractivity contribution >= 4 is 15.8 Å². The molecule has 1 N–H and O–H groups in total. The molecule has 0 atom stereocenters. The molecule has 0 amide bonds. The molecule has 0 heterocycles. The van der Waals surface area contributed by atoms with E-state index >= 15 is 0 Å². The molecule has 5 heteroatoms. The molecular formula is C17H21NO3S. The standard InChI is InChI=1S/C17H21NO3S/c1-15-6-5-9-17(14-15)18(12-13-22(19,20)21)11-10-16-7-3-2-4-8-16/h2-9,14H,10-13H2,1H3,(H,19,20,21). The molecule has 0 saturated carbocycles. The van der Waals surface area contributed by atoms with Crippen LogP contribution in [0, 0.1) is 6.92 Å². The lowest BCUT2D eigenvalue weighted by molar-refractivity contribution is 0.482. The van der Waals surface area contributed by atoms with Crippen molar-refractivity contribution in [2.24, 2.45) is 0 Å². The Kier molecular flexibility index (Phi) is 5.57. The van der Waals surface area contributed by atoms with Gasteiger partial charge in [-0.1, -0.05) is 42.5 Å². The Bertz CT molecular complexity index is 699. The minimum Gasteiger partial charge on any atom is -0.370 e. The highest BCUT2D eigenvalue weighted by molar-refractivity contribution is 7.85. The molecule has 0 aliphatic carbocycles. The van der Waals surface area contributed by atoms with Gasteiger partial charge in [-0.25, -0.2) is 0 Å². The molecule has 0 spiro atoms. The van der Waals surface area contributed by atoms with E-state index in [-0.39, 0.29) is 12.3 Å². The zero-order valence-electron chi connectivity index (χ0n) is 12.6. The fraction of sp³-hybridized carbons (Fsp3) is 0.294. The van der Waals surface area contributed by atoms with Crippen LogP contribution >= 0.6 is 0 Å². The summed E-state index contributed by atoms with van der Waals surface area (Å²) in [6, 6.07) is 18.0. The predicted octanol–water partition coefficient (Wildman–Crippen LogP) is 2.93. The summed E-state index contributed by atoms with van der Waals surface area (Å²) in [5.74, 6) is -0.268. The molecule has 0 aliphatic heterocycles. The van der Waals surface area contributed by atoms with E-state index in [0.29, 0.717) is 6.54 Å². The van der Waals surface area contributed by atoms with Crippen LogP contribution in [0.1, 0.15) is 11.1 Å². The molecule has 2 rings (SSSR count). The van der Waals surface area contributed by atoms with E-state index in [2.05, 4.69) is 12.1 Å². The van der Waals surface area contributed by atoms with Gasteiger partial charge in [-0.3, -0.25) is 4.55 Å². The summed E-state index contributed by atoms with van der Waals surface area (Å²) in [5.41, 5.74) is 3.29. The van der Waals surface area contributed by atoms with Gasteiger partial charge in [0.1, 0.15) is 0 Å². The molecule has 2 aromatic carbocycles. The highest BCUT2D eigenvalue weighted by atomic mass is 32.2. The second-order valence-electron chi connectivity index (χ2n) is 5.35. The largest absolute Gasteiger partial charge is 0.370 e. The number of benzene rings is 2. The summed E-state index contributed by atoms with van der Waals surface area (Å²) in [5, 5.41) is 0. The molecule has 0 unspecified atom stereocenters. The Balaban J connectivity index is 2.10. The Hall–Kier alpha value is -1.85. The zero-order valence-corrected chi connectivity index (χ0v) is 13.5. The van der Waals surface area contributed by atoms with E-state index in [0.717, 1.165) is 17.7 Å². The van der Waals surface area contributed by atoms with Gasteiger partial charge in [0.15, 0.2) is 0 Å². The van der Waals surface area contributed by atoms with Gasteiger partial charge in [0.25, 0.3) is 10.1 Å². The van der Waals surface area contributed by atoms with Crippen molar-refractivity contribution in [3.8, 4) is 0 Å². The smallest absolute Gasteiger partial charge is 0.266 e. The third kappa shape index (κ3) is 5.50. The van der Waals surface area contributed by atoms with Crippen LogP contribution in [-0.4, -0.2) is 31.8 Å². The maximum Gasteiger partial charge on any atom is 0.266 e. The van der Waals surface area contributed by atoms with Crippen molar-refractivity contribution in [1.82, 2.24) is 0 Å². The minimum absolute atomic E-state index is 0.268. The molecule has 0 saturated heterocycles. The first kappa shape index (κ1) is 16.5. The highest BCUT2D eigenvalue weighted by Crippen LogP contribution is 2.16. The van der Waals surface area contributed by atoms with E-state index in [1.165, 1.54) is 5.56 Å². The second-order valence-corrected chi connectivity index (χ2v) is 6.92. The first-order valence-corrected chi connectivity index (χ1v) is 8.86. The topological polar surface area (TPSA) is 57.6 Å². The molecule has 0 fully saturated rings. The predicted molar refractivity (Wildman–Crippen MR) is 90.0 cm³/mol. The van der Waals surface area contributed by atoms with Gasteiger partial charge in [0.2, 0.25) is 0 Å². The Morgan fingerprint density at radius 1 is 1.00 bits per heavy atom. The number of anilines is 1. The quantitative estimate of drug-likeness (QED) is 0.797. The third-order valence-corrected chi connectivity index (χ3v) is 4.20. The molecule has 22 heavy (non-hydrogen) atoms. The second kappa shape index (κ2) is 7.42. The van der Waals surface area contributed by atoms with Crippen LogP contribution in [0.2, 0.25) is 0 Å². The van der Waals surface area contributed by atoms with E-state index < -0.39 is 10.1 Å². The van der Waals surface area contributed by atoms with Crippen molar-refractivity contribution in [1.29, 1.82) is 0 Å². The van der Waals surface area contributed by atoms with Crippen LogP contribution in [0.4, 0.5) is 5.69 Å². The minimum atomic E-state index is -3.96. The van der Waals surface area contributed by atoms with Crippen LogP contribution in [0.5, 0.6) is 0 Å². The Labute approximate surface area is 132 Å². The Morgan fingerprint density at radius 3 is 2.36 bits per heavy atom. The first-order valence-electron chi connectivity index (χ1n) is 7.25. The average Bonchev–Trinajstić information content (AvgIpc) is 2.47. The van der Waals surface area contributed by atoms with E-state index in [1.54, 1.807) is 0 Å². The van der Waals surface area contributed by atoms with Crippen LogP contribution in [0.3, 0.4) is 0 Å². The van der Waals surface area contributed by atoms with Gasteiger partial charge >= 0.3 is 0 Å². The lowest BCUT2D eigenvalue weighted by Gasteiger charge is -2.25. The third-order valence-electron chi connectivity index (χ3n) is 3.50. The van der Waals surface area contributed by atoms with Gasteiger partial charge in [0.05, 0.1) is 5.75 Å². The van der Waals surface area contributed by atoms with Gasteiger partial charge in [-0.15, -0.1) is 0 Å². The van der Waals surface area contributed by atoms with E-state index in [4.69, 9.17) is 4.55 Å². The summed E-state index contributed by atoms with van der Waals surface area (Å²) < 4.78 is 31.1. The van der Waals surface area contributed by atoms with Crippen LogP contribution < -0.4 is 4.90 Å². The van der Waals surface area contributed by atoms with Crippen molar-refractivity contribution in [3.05, 3.63) is 65.7 Å². The van der Waals surface area contributed by atoms with Gasteiger partial charge in [0, 0.05) is 18.8 Å². The lowest BCUT2D eigenvalue weighted by Crippen LogP contribution is -2.31. The number of hydrogen-bond acceptors (Lipinski definition) is 3. The van der Waals surface area contributed by atoms with Crippen LogP contribution in [0.25, 0.3) is 0 Å². The Morgan fingerprint density at radius 2 is 1.73 bits per heavy atom. The molecule has 4 nitrogen and oxygen atoms in total. The van der Waals surface area contributed by atoms with E-state index in [9.17, 15) is 8.42 Å². The van der Waals surface area contributed by atoms with E-state index in [1.807, 2.05) is 54.3 Å². The fourth-order valence-corrected chi connectivity index (χ4v) is 2.78. The highest BCUT2D eigenvalue weighted by Gasteiger charge is 2.12. The number of aryl methyl sites for hydroxylation is 1. The molecule has 118 valence electrons. The first-order chi connectivity index (χ1) is 10.4. The molecule has 2 aromatic rings. The van der Waals surface area contributed by atoms with Crippen LogP contribution in [-0.2, 0) is 16.5 Å². The molecule has 0 aliphatic rings. The van der Waals surface area contributed by atoms with Gasteiger partial charge in [-0.2, -0.15) is 8.42 Å². The molecule has 0 bridgehead atoms. The normalized spacial score (nSPS) is 11.4. The number of hydrogen-bond donors (Lipinski definition) is 1. The molecule has 0 aromatic heterocycles. The van der Waals surface area contributed by atoms with Crippen molar-refractivity contribution < 1.29 is 13.0 Å². The van der Waals surface area contributed by atoms with Gasteiger partial charge < -0.3 is 4.90 Å². The van der Waals surface area contributed by atoms with Gasteiger partial charge in [-0.05, 0) is 36.6 Å². The van der Waals surface area contributed by atoms with Crippen LogP contribution in [0.15, 0.2) is 54.6 Å². The number of nitrogens with zero attached hydrogens (tertiary/aromatic N) is 1. The SMILES string of the molecule is Cc1cccc(N(CCc2ccccc2)CCS(=O)(=O)O)c1. The zero-order chi connectivity index (χ0) is 16.0. The average molecular weight is 319 g/mol. The lowest BCUT2D eigenvalue weighted by atomic mass is 10.1. The molecule has 0 radical (unpaired) electrons. The summed E-state index contributed by atoms with van der Waals surface area (Å²) >= 11 is 0. The van der Waals surface area contributed by atoms with Crippen molar-refractivity contribution in [2.75, 3.05) is 23.7 Å². The maximum absolute atomic E-state index is 11.0. The summed E-state index contributed by atoms with van der Waals surface area (Å²) in [6.45, 7) is 2.97. The maximum atomic E-state index is 11.0. The number of rotatable bonds is 7.